The smallest absolute Gasteiger partial charge is 0.237 e. The molecular formula is C17H35N3O. The topological polar surface area (TPSA) is 44.4 Å². The number of carbonyl (C=O) groups excluding carboxylic acids is 1. The third-order valence-electron chi connectivity index (χ3n) is 4.73. The van der Waals surface area contributed by atoms with E-state index in [0.717, 1.165) is 44.9 Å². The van der Waals surface area contributed by atoms with Gasteiger partial charge in [-0.2, -0.15) is 0 Å². The normalized spacial score (nSPS) is 18.8. The van der Waals surface area contributed by atoms with Gasteiger partial charge in [-0.15, -0.1) is 0 Å². The lowest BCUT2D eigenvalue weighted by atomic mass is 9.96. The van der Waals surface area contributed by atoms with Crippen molar-refractivity contribution < 1.29 is 4.79 Å². The number of piperidine rings is 1. The van der Waals surface area contributed by atoms with Crippen LogP contribution in [0.1, 0.15) is 60.3 Å². The van der Waals surface area contributed by atoms with Crippen molar-refractivity contribution in [3.8, 4) is 0 Å². The average Bonchev–Trinajstić information content (AvgIpc) is 2.46. The highest BCUT2D eigenvalue weighted by Crippen LogP contribution is 2.16. The van der Waals surface area contributed by atoms with Crippen LogP contribution in [0.5, 0.6) is 0 Å². The summed E-state index contributed by atoms with van der Waals surface area (Å²) in [5.41, 5.74) is -0.113. The van der Waals surface area contributed by atoms with Crippen molar-refractivity contribution >= 4 is 5.91 Å². The number of nitrogens with one attached hydrogen (secondary N) is 2. The Hall–Kier alpha value is -0.610. The molecule has 2 N–H and O–H groups in total. The van der Waals surface area contributed by atoms with Gasteiger partial charge in [0.15, 0.2) is 0 Å². The second kappa shape index (κ2) is 8.74. The van der Waals surface area contributed by atoms with Crippen molar-refractivity contribution in [3.63, 3.8) is 0 Å². The fourth-order valence-corrected chi connectivity index (χ4v) is 2.82. The van der Waals surface area contributed by atoms with E-state index in [9.17, 15) is 4.79 Å². The molecule has 0 bridgehead atoms. The molecule has 4 nitrogen and oxygen atoms in total. The predicted molar refractivity (Wildman–Crippen MR) is 89.4 cm³/mol. The van der Waals surface area contributed by atoms with Crippen molar-refractivity contribution in [2.45, 2.75) is 71.9 Å². The summed E-state index contributed by atoms with van der Waals surface area (Å²) in [4.78, 5) is 14.9. The molecule has 21 heavy (non-hydrogen) atoms. The van der Waals surface area contributed by atoms with Crippen molar-refractivity contribution in [3.05, 3.63) is 0 Å². The van der Waals surface area contributed by atoms with Gasteiger partial charge in [-0.05, 0) is 72.0 Å². The second-order valence-corrected chi connectivity index (χ2v) is 7.09. The summed E-state index contributed by atoms with van der Waals surface area (Å²) >= 11 is 0. The SMILES string of the molecule is CCCN(CC1CCNCC1)C(C)C(=O)NC(C)(C)CC. The molecule has 1 aliphatic heterocycles. The Balaban J connectivity index is 2.58. The van der Waals surface area contributed by atoms with Crippen LogP contribution < -0.4 is 10.6 Å². The molecule has 1 fully saturated rings. The average molecular weight is 297 g/mol. The van der Waals surface area contributed by atoms with Crippen molar-refractivity contribution in [1.82, 2.24) is 15.5 Å². The molecule has 1 aliphatic rings. The minimum Gasteiger partial charge on any atom is -0.350 e. The van der Waals surface area contributed by atoms with Crippen LogP contribution in [0.2, 0.25) is 0 Å². The summed E-state index contributed by atoms with van der Waals surface area (Å²) in [5, 5.41) is 6.60. The quantitative estimate of drug-likeness (QED) is 0.723. The van der Waals surface area contributed by atoms with E-state index >= 15 is 0 Å². The lowest BCUT2D eigenvalue weighted by molar-refractivity contribution is -0.127. The number of amides is 1. The van der Waals surface area contributed by atoms with Crippen LogP contribution in [-0.2, 0) is 4.79 Å². The van der Waals surface area contributed by atoms with Gasteiger partial charge >= 0.3 is 0 Å². The minimum atomic E-state index is -0.113. The Morgan fingerprint density at radius 1 is 1.33 bits per heavy atom. The standard InChI is InChI=1S/C17H35N3O/c1-6-12-20(13-15-8-10-18-11-9-15)14(3)16(21)19-17(4,5)7-2/h14-15,18H,6-13H2,1-5H3,(H,19,21). The second-order valence-electron chi connectivity index (χ2n) is 7.09. The van der Waals surface area contributed by atoms with Crippen LogP contribution in [0.25, 0.3) is 0 Å². The van der Waals surface area contributed by atoms with Crippen LogP contribution in [-0.4, -0.2) is 48.6 Å². The van der Waals surface area contributed by atoms with Gasteiger partial charge in [-0.25, -0.2) is 0 Å². The summed E-state index contributed by atoms with van der Waals surface area (Å²) in [6, 6.07) is -0.0364. The van der Waals surface area contributed by atoms with Gasteiger partial charge in [-0.3, -0.25) is 9.69 Å². The van der Waals surface area contributed by atoms with E-state index in [4.69, 9.17) is 0 Å². The summed E-state index contributed by atoms with van der Waals surface area (Å²) in [7, 11) is 0. The van der Waals surface area contributed by atoms with Crippen LogP contribution >= 0.6 is 0 Å². The maximum absolute atomic E-state index is 12.5. The lowest BCUT2D eigenvalue weighted by Gasteiger charge is -2.35. The first-order chi connectivity index (χ1) is 9.89. The molecule has 1 saturated heterocycles. The Morgan fingerprint density at radius 3 is 2.48 bits per heavy atom. The van der Waals surface area contributed by atoms with Crippen molar-refractivity contribution in [2.75, 3.05) is 26.2 Å². The van der Waals surface area contributed by atoms with E-state index in [-0.39, 0.29) is 17.5 Å². The zero-order valence-electron chi connectivity index (χ0n) is 14.7. The van der Waals surface area contributed by atoms with E-state index in [1.807, 2.05) is 0 Å². The number of carbonyl (C=O) groups is 1. The van der Waals surface area contributed by atoms with E-state index in [1.165, 1.54) is 12.8 Å². The summed E-state index contributed by atoms with van der Waals surface area (Å²) in [6.45, 7) is 14.8. The first-order valence-corrected chi connectivity index (χ1v) is 8.66. The van der Waals surface area contributed by atoms with Crippen LogP contribution in [0.15, 0.2) is 0 Å². The van der Waals surface area contributed by atoms with Gasteiger partial charge in [0.05, 0.1) is 6.04 Å². The monoisotopic (exact) mass is 297 g/mol. The molecular weight excluding hydrogens is 262 g/mol. The predicted octanol–water partition coefficient (Wildman–Crippen LogP) is 2.39. The molecule has 0 radical (unpaired) electrons. The molecule has 0 saturated carbocycles. The molecule has 0 aromatic carbocycles. The Morgan fingerprint density at radius 2 is 1.95 bits per heavy atom. The fraction of sp³-hybridized carbons (Fsp3) is 0.941. The van der Waals surface area contributed by atoms with E-state index in [1.54, 1.807) is 0 Å². The number of hydrogen-bond acceptors (Lipinski definition) is 3. The van der Waals surface area contributed by atoms with Crippen LogP contribution in [0.4, 0.5) is 0 Å². The molecule has 0 aliphatic carbocycles. The van der Waals surface area contributed by atoms with Gasteiger partial charge < -0.3 is 10.6 Å². The molecule has 4 heteroatoms. The molecule has 0 spiro atoms. The Bertz CT molecular complexity index is 311. The van der Waals surface area contributed by atoms with Gasteiger partial charge in [0.1, 0.15) is 0 Å². The minimum absolute atomic E-state index is 0.0364. The zero-order chi connectivity index (χ0) is 15.9. The Labute approximate surface area is 131 Å². The molecule has 124 valence electrons. The van der Waals surface area contributed by atoms with Gasteiger partial charge in [-0.1, -0.05) is 13.8 Å². The van der Waals surface area contributed by atoms with Crippen LogP contribution in [0, 0.1) is 5.92 Å². The highest BCUT2D eigenvalue weighted by molar-refractivity contribution is 5.82. The molecule has 1 unspecified atom stereocenters. The number of rotatable bonds is 8. The third-order valence-corrected chi connectivity index (χ3v) is 4.73. The maximum atomic E-state index is 12.5. The molecule has 1 amide bonds. The summed E-state index contributed by atoms with van der Waals surface area (Å²) in [6.07, 6.45) is 4.51. The molecule has 0 aromatic rings. The zero-order valence-corrected chi connectivity index (χ0v) is 14.7. The summed E-state index contributed by atoms with van der Waals surface area (Å²) in [5.74, 6) is 0.900. The largest absolute Gasteiger partial charge is 0.350 e. The van der Waals surface area contributed by atoms with Gasteiger partial charge in [0, 0.05) is 12.1 Å². The Kier molecular flexibility index (Phi) is 7.67. The first-order valence-electron chi connectivity index (χ1n) is 8.66. The van der Waals surface area contributed by atoms with Gasteiger partial charge in [0.2, 0.25) is 5.91 Å². The van der Waals surface area contributed by atoms with Gasteiger partial charge in [0.25, 0.3) is 0 Å². The highest BCUT2D eigenvalue weighted by Gasteiger charge is 2.27. The van der Waals surface area contributed by atoms with Crippen LogP contribution in [0.3, 0.4) is 0 Å². The fourth-order valence-electron chi connectivity index (χ4n) is 2.82. The maximum Gasteiger partial charge on any atom is 0.237 e. The van der Waals surface area contributed by atoms with E-state index in [0.29, 0.717) is 0 Å². The highest BCUT2D eigenvalue weighted by atomic mass is 16.2. The molecule has 1 rings (SSSR count). The van der Waals surface area contributed by atoms with E-state index in [2.05, 4.69) is 50.2 Å². The number of nitrogens with zero attached hydrogens (tertiary/aromatic N) is 1. The molecule has 1 heterocycles. The van der Waals surface area contributed by atoms with Crippen molar-refractivity contribution in [1.29, 1.82) is 0 Å². The number of hydrogen-bond donors (Lipinski definition) is 2. The lowest BCUT2D eigenvalue weighted by Crippen LogP contribution is -2.53. The van der Waals surface area contributed by atoms with Crippen molar-refractivity contribution in [2.24, 2.45) is 5.92 Å². The summed E-state index contributed by atoms with van der Waals surface area (Å²) < 4.78 is 0. The molecule has 1 atom stereocenters. The molecule has 0 aromatic heterocycles. The van der Waals surface area contributed by atoms with E-state index < -0.39 is 0 Å². The first kappa shape index (κ1) is 18.4. The third kappa shape index (κ3) is 6.35.